The van der Waals surface area contributed by atoms with Crippen LogP contribution in [0.1, 0.15) is 18.1 Å². The first-order valence-electron chi connectivity index (χ1n) is 6.66. The van der Waals surface area contributed by atoms with Crippen LogP contribution in [0.2, 0.25) is 10.0 Å². The molecular weight excluding hydrogens is 420 g/mol. The summed E-state index contributed by atoms with van der Waals surface area (Å²) in [6, 6.07) is 11.8. The number of benzene rings is 2. The third kappa shape index (κ3) is 5.02. The van der Waals surface area contributed by atoms with Gasteiger partial charge in [0.05, 0.1) is 5.02 Å². The predicted molar refractivity (Wildman–Crippen MR) is 97.3 cm³/mol. The van der Waals surface area contributed by atoms with Gasteiger partial charge in [-0.1, -0.05) is 42.3 Å². The summed E-state index contributed by atoms with van der Waals surface area (Å²) in [6.07, 6.45) is 0. The van der Waals surface area contributed by atoms with E-state index in [-0.39, 0.29) is 0 Å². The molecule has 0 bridgehead atoms. The van der Waals surface area contributed by atoms with E-state index in [0.717, 1.165) is 17.7 Å². The summed E-state index contributed by atoms with van der Waals surface area (Å²) < 4.78 is 7.12. The minimum absolute atomic E-state index is 0.484. The van der Waals surface area contributed by atoms with E-state index >= 15 is 0 Å². The Hall–Kier alpha value is -0.490. The summed E-state index contributed by atoms with van der Waals surface area (Å²) in [7, 11) is 0. The maximum Gasteiger partial charge on any atom is 0.142 e. The molecular formula is C16H16Cl2INO. The minimum atomic E-state index is 0.484. The Morgan fingerprint density at radius 1 is 1.14 bits per heavy atom. The van der Waals surface area contributed by atoms with Crippen LogP contribution in [0, 0.1) is 3.57 Å². The summed E-state index contributed by atoms with van der Waals surface area (Å²) in [6.45, 7) is 4.09. The molecule has 0 aromatic heterocycles. The zero-order valence-corrected chi connectivity index (χ0v) is 15.3. The second-order valence-corrected chi connectivity index (χ2v) is 6.66. The van der Waals surface area contributed by atoms with Gasteiger partial charge in [0.1, 0.15) is 12.4 Å². The Balaban J connectivity index is 2.15. The van der Waals surface area contributed by atoms with Crippen molar-refractivity contribution < 1.29 is 4.74 Å². The number of hydrogen-bond donors (Lipinski definition) is 1. The van der Waals surface area contributed by atoms with Crippen molar-refractivity contribution in [3.05, 3.63) is 61.1 Å². The zero-order valence-electron chi connectivity index (χ0n) is 11.6. The summed E-state index contributed by atoms with van der Waals surface area (Å²) in [4.78, 5) is 0. The molecule has 5 heteroatoms. The molecule has 0 aliphatic heterocycles. The Kier molecular flexibility index (Phi) is 6.61. The highest BCUT2D eigenvalue weighted by atomic mass is 127. The van der Waals surface area contributed by atoms with E-state index in [9.17, 15) is 0 Å². The molecule has 0 saturated heterocycles. The smallest absolute Gasteiger partial charge is 0.142 e. The molecule has 0 radical (unpaired) electrons. The molecule has 112 valence electrons. The van der Waals surface area contributed by atoms with Crippen LogP contribution in [-0.2, 0) is 13.2 Å². The largest absolute Gasteiger partial charge is 0.487 e. The summed E-state index contributed by atoms with van der Waals surface area (Å²) >= 11 is 14.6. The van der Waals surface area contributed by atoms with Gasteiger partial charge in [-0.3, -0.25) is 0 Å². The Bertz CT molecular complexity index is 602. The van der Waals surface area contributed by atoms with Gasteiger partial charge in [0.2, 0.25) is 0 Å². The number of nitrogens with one attached hydrogen (secondary N) is 1. The molecule has 2 nitrogen and oxygen atoms in total. The molecule has 2 rings (SSSR count). The number of halogens is 3. The monoisotopic (exact) mass is 435 g/mol. The van der Waals surface area contributed by atoms with Crippen LogP contribution < -0.4 is 10.1 Å². The fraction of sp³-hybridized carbons (Fsp3) is 0.250. The van der Waals surface area contributed by atoms with Gasteiger partial charge < -0.3 is 10.1 Å². The number of hydrogen-bond acceptors (Lipinski definition) is 2. The first-order valence-corrected chi connectivity index (χ1v) is 8.49. The summed E-state index contributed by atoms with van der Waals surface area (Å²) in [5, 5.41) is 4.43. The van der Waals surface area contributed by atoms with Gasteiger partial charge in [0.25, 0.3) is 0 Å². The third-order valence-electron chi connectivity index (χ3n) is 2.95. The average molecular weight is 436 g/mol. The van der Waals surface area contributed by atoms with Crippen LogP contribution in [0.3, 0.4) is 0 Å². The van der Waals surface area contributed by atoms with Crippen molar-refractivity contribution in [2.75, 3.05) is 6.54 Å². The van der Waals surface area contributed by atoms with Crippen LogP contribution in [0.5, 0.6) is 5.75 Å². The molecule has 0 amide bonds. The molecule has 2 aromatic carbocycles. The second-order valence-electron chi connectivity index (χ2n) is 4.57. The minimum Gasteiger partial charge on any atom is -0.487 e. The van der Waals surface area contributed by atoms with E-state index in [1.54, 1.807) is 6.07 Å². The fourth-order valence-corrected chi connectivity index (χ4v) is 2.85. The normalized spacial score (nSPS) is 10.7. The van der Waals surface area contributed by atoms with E-state index in [1.165, 1.54) is 3.57 Å². The van der Waals surface area contributed by atoms with E-state index in [1.807, 2.05) is 6.07 Å². The topological polar surface area (TPSA) is 21.3 Å². The van der Waals surface area contributed by atoms with Gasteiger partial charge in [0, 0.05) is 20.7 Å². The first kappa shape index (κ1) is 16.9. The van der Waals surface area contributed by atoms with Gasteiger partial charge in [-0.05, 0) is 59.0 Å². The van der Waals surface area contributed by atoms with Crippen LogP contribution in [0.4, 0.5) is 0 Å². The fourth-order valence-electron chi connectivity index (χ4n) is 1.90. The van der Waals surface area contributed by atoms with Gasteiger partial charge in [0.15, 0.2) is 0 Å². The lowest BCUT2D eigenvalue weighted by Gasteiger charge is -2.14. The Morgan fingerprint density at radius 2 is 1.86 bits per heavy atom. The molecule has 21 heavy (non-hydrogen) atoms. The van der Waals surface area contributed by atoms with E-state index in [2.05, 4.69) is 59.1 Å². The van der Waals surface area contributed by atoms with Crippen molar-refractivity contribution in [2.24, 2.45) is 0 Å². The molecule has 1 N–H and O–H groups in total. The van der Waals surface area contributed by atoms with E-state index < -0.39 is 0 Å². The summed E-state index contributed by atoms with van der Waals surface area (Å²) in [5.74, 6) is 0.695. The van der Waals surface area contributed by atoms with Crippen molar-refractivity contribution in [1.82, 2.24) is 5.32 Å². The molecule has 0 saturated carbocycles. The molecule has 0 unspecified atom stereocenters. The molecule has 0 heterocycles. The lowest BCUT2D eigenvalue weighted by Crippen LogP contribution is -2.13. The average Bonchev–Trinajstić information content (AvgIpc) is 2.45. The third-order valence-corrected chi connectivity index (χ3v) is 4.17. The van der Waals surface area contributed by atoms with Gasteiger partial charge in [-0.15, -0.1) is 0 Å². The standard InChI is InChI=1S/C16H16Cl2INO/c1-2-20-9-12-7-13(17)8-15(18)16(12)21-10-11-3-5-14(19)6-4-11/h3-8,20H,2,9-10H2,1H3. The van der Waals surface area contributed by atoms with E-state index in [0.29, 0.717) is 28.9 Å². The van der Waals surface area contributed by atoms with Crippen molar-refractivity contribution >= 4 is 45.8 Å². The maximum absolute atomic E-state index is 6.27. The van der Waals surface area contributed by atoms with Crippen LogP contribution in [0.25, 0.3) is 0 Å². The Morgan fingerprint density at radius 3 is 2.52 bits per heavy atom. The molecule has 0 aliphatic rings. The lowest BCUT2D eigenvalue weighted by molar-refractivity contribution is 0.302. The number of rotatable bonds is 6. The van der Waals surface area contributed by atoms with Gasteiger partial charge in [-0.25, -0.2) is 0 Å². The number of ether oxygens (including phenoxy) is 1. The van der Waals surface area contributed by atoms with Gasteiger partial charge >= 0.3 is 0 Å². The Labute approximate surface area is 148 Å². The van der Waals surface area contributed by atoms with Gasteiger partial charge in [-0.2, -0.15) is 0 Å². The highest BCUT2D eigenvalue weighted by Crippen LogP contribution is 2.33. The molecule has 0 atom stereocenters. The molecule has 0 spiro atoms. The van der Waals surface area contributed by atoms with Crippen molar-refractivity contribution in [3.8, 4) is 5.75 Å². The van der Waals surface area contributed by atoms with Crippen molar-refractivity contribution in [1.29, 1.82) is 0 Å². The van der Waals surface area contributed by atoms with Crippen LogP contribution in [-0.4, -0.2) is 6.54 Å². The lowest BCUT2D eigenvalue weighted by atomic mass is 10.2. The summed E-state index contributed by atoms with van der Waals surface area (Å²) in [5.41, 5.74) is 2.08. The maximum atomic E-state index is 6.27. The van der Waals surface area contributed by atoms with Crippen LogP contribution in [0.15, 0.2) is 36.4 Å². The predicted octanol–water partition coefficient (Wildman–Crippen LogP) is 5.29. The first-order chi connectivity index (χ1) is 10.1. The highest BCUT2D eigenvalue weighted by Gasteiger charge is 2.11. The van der Waals surface area contributed by atoms with Crippen molar-refractivity contribution in [2.45, 2.75) is 20.1 Å². The quantitative estimate of drug-likeness (QED) is 0.622. The van der Waals surface area contributed by atoms with Crippen LogP contribution >= 0.6 is 45.8 Å². The SMILES string of the molecule is CCNCc1cc(Cl)cc(Cl)c1OCc1ccc(I)cc1. The molecule has 0 fully saturated rings. The van der Waals surface area contributed by atoms with E-state index in [4.69, 9.17) is 27.9 Å². The highest BCUT2D eigenvalue weighted by molar-refractivity contribution is 14.1. The molecule has 0 aliphatic carbocycles. The molecule has 2 aromatic rings. The van der Waals surface area contributed by atoms with Crippen molar-refractivity contribution in [3.63, 3.8) is 0 Å². The zero-order chi connectivity index (χ0) is 15.2. The second kappa shape index (κ2) is 8.22.